The van der Waals surface area contributed by atoms with Crippen LogP contribution in [-0.2, 0) is 5.92 Å². The van der Waals surface area contributed by atoms with E-state index in [0.29, 0.717) is 6.04 Å². The summed E-state index contributed by atoms with van der Waals surface area (Å²) in [6.07, 6.45) is 4.35. The molecule has 0 amide bonds. The molecule has 2 aliphatic rings. The molecule has 2 aliphatic carbocycles. The van der Waals surface area contributed by atoms with Crippen molar-refractivity contribution in [3.05, 3.63) is 52.1 Å². The van der Waals surface area contributed by atoms with Gasteiger partial charge in [-0.1, -0.05) is 78.1 Å². The molecule has 0 bridgehead atoms. The van der Waals surface area contributed by atoms with Gasteiger partial charge in [0, 0.05) is 17.2 Å². The zero-order chi connectivity index (χ0) is 30.5. The van der Waals surface area contributed by atoms with E-state index in [4.69, 9.17) is 4.43 Å². The van der Waals surface area contributed by atoms with E-state index < -0.39 is 85.2 Å². The lowest BCUT2D eigenvalue weighted by Crippen LogP contribution is -2.52. The van der Waals surface area contributed by atoms with Crippen molar-refractivity contribution >= 4 is 16.4 Å². The molecule has 0 spiro atoms. The fourth-order valence-corrected chi connectivity index (χ4v) is 17.9. The maximum Gasteiger partial charge on any atom is 0.305 e. The van der Waals surface area contributed by atoms with Crippen LogP contribution in [0.2, 0.25) is 41.3 Å². The molecule has 1 nitrogen and oxygen atoms in total. The molecule has 228 valence electrons. The number of fused-ring (bicyclic) bond motifs is 3. The summed E-state index contributed by atoms with van der Waals surface area (Å²) in [5.41, 5.74) is -6.56. The van der Waals surface area contributed by atoms with Crippen LogP contribution in [0.1, 0.15) is 77.8 Å². The third kappa shape index (κ3) is 5.06. The van der Waals surface area contributed by atoms with Gasteiger partial charge >= 0.3 is 5.92 Å². The number of hydrogen-bond acceptors (Lipinski definition) is 1. The number of rotatable bonds is 10. The van der Waals surface area contributed by atoms with Crippen molar-refractivity contribution in [2.24, 2.45) is 0 Å². The van der Waals surface area contributed by atoms with Crippen LogP contribution in [-0.4, -0.2) is 16.4 Å². The highest BCUT2D eigenvalue weighted by Crippen LogP contribution is 2.58. The normalized spacial score (nSPS) is 18.4. The molecule has 1 unspecified atom stereocenters. The lowest BCUT2D eigenvalue weighted by Gasteiger charge is -2.45. The monoisotopic (exact) mass is 622 g/mol. The zero-order valence-corrected chi connectivity index (χ0v) is 26.2. The van der Waals surface area contributed by atoms with Gasteiger partial charge in [-0.15, -0.1) is 0 Å². The first-order valence-corrected chi connectivity index (χ1v) is 19.8. The van der Waals surface area contributed by atoms with Gasteiger partial charge in [0.05, 0.1) is 19.2 Å². The zero-order valence-electron chi connectivity index (χ0n) is 24.2. The molecular formula is C30H38F8OSi2. The van der Waals surface area contributed by atoms with E-state index in [-0.39, 0.29) is 17.1 Å². The Morgan fingerprint density at radius 3 is 1.85 bits per heavy atom. The Morgan fingerprint density at radius 2 is 1.32 bits per heavy atom. The van der Waals surface area contributed by atoms with Gasteiger partial charge in [0.2, 0.25) is 5.82 Å². The van der Waals surface area contributed by atoms with E-state index in [1.54, 1.807) is 0 Å². The lowest BCUT2D eigenvalue weighted by molar-refractivity contribution is 0.0391. The number of hydrogen-bond donors (Lipinski definition) is 0. The third-order valence-electron chi connectivity index (χ3n) is 10.2. The largest absolute Gasteiger partial charge is 0.539 e. The Morgan fingerprint density at radius 1 is 0.756 bits per heavy atom. The fourth-order valence-electron chi connectivity index (χ4n) is 7.26. The average Bonchev–Trinajstić information content (AvgIpc) is 3.20. The summed E-state index contributed by atoms with van der Waals surface area (Å²) in [6, 6.07) is 4.37. The van der Waals surface area contributed by atoms with Gasteiger partial charge in [0.15, 0.2) is 29.0 Å². The van der Waals surface area contributed by atoms with Crippen LogP contribution in [0.3, 0.4) is 0 Å². The average molecular weight is 623 g/mol. The lowest BCUT2D eigenvalue weighted by atomic mass is 10.0. The smallest absolute Gasteiger partial charge is 0.305 e. The van der Waals surface area contributed by atoms with Crippen LogP contribution in [0.15, 0.2) is 6.07 Å². The van der Waals surface area contributed by atoms with Gasteiger partial charge in [0.25, 0.3) is 8.32 Å². The van der Waals surface area contributed by atoms with Crippen LogP contribution >= 0.6 is 0 Å². The van der Waals surface area contributed by atoms with Crippen molar-refractivity contribution in [2.75, 3.05) is 0 Å². The van der Waals surface area contributed by atoms with Crippen molar-refractivity contribution in [2.45, 2.75) is 114 Å². The Kier molecular flexibility index (Phi) is 9.11. The van der Waals surface area contributed by atoms with Crippen molar-refractivity contribution in [3.63, 3.8) is 0 Å². The van der Waals surface area contributed by atoms with Gasteiger partial charge in [0.1, 0.15) is 5.82 Å². The van der Waals surface area contributed by atoms with Gasteiger partial charge in [-0.2, -0.15) is 13.2 Å². The molecule has 41 heavy (non-hydrogen) atoms. The summed E-state index contributed by atoms with van der Waals surface area (Å²) in [4.78, 5) is 0. The number of halogens is 8. The maximum atomic E-state index is 16.3. The standard InChI is InChI=1S/C30H38F8OSi2/c1-6-40(7-2,8-3)14-15-41(17(4)5,18-12-10-9-11-13-18)39-29-26(34)22-21-23(19(31)16-20(32)25(21)33)30(37,38)24(22)27(35)28(29)36/h16-18H,6-15H2,1-5H3. The molecule has 0 aliphatic heterocycles. The summed E-state index contributed by atoms with van der Waals surface area (Å²) >= 11 is 0. The van der Waals surface area contributed by atoms with E-state index in [0.717, 1.165) is 56.3 Å². The van der Waals surface area contributed by atoms with Crippen molar-refractivity contribution in [3.8, 4) is 16.9 Å². The first-order valence-electron chi connectivity index (χ1n) is 14.7. The van der Waals surface area contributed by atoms with E-state index in [1.807, 2.05) is 13.8 Å². The molecule has 0 aromatic heterocycles. The van der Waals surface area contributed by atoms with Crippen molar-refractivity contribution < 1.29 is 39.5 Å². The molecule has 4 rings (SSSR count). The van der Waals surface area contributed by atoms with Gasteiger partial charge in [-0.3, -0.25) is 0 Å². The van der Waals surface area contributed by atoms with Crippen LogP contribution < -0.4 is 4.43 Å². The second-order valence-electron chi connectivity index (χ2n) is 12.1. The minimum absolute atomic E-state index is 0.0102. The van der Waals surface area contributed by atoms with Crippen LogP contribution in [0.25, 0.3) is 11.1 Å². The molecule has 0 saturated heterocycles. The summed E-state index contributed by atoms with van der Waals surface area (Å²) in [7, 11) is -4.93. The van der Waals surface area contributed by atoms with E-state index in [1.165, 1.54) is 0 Å². The van der Waals surface area contributed by atoms with Crippen LogP contribution in [0, 0.1) is 34.9 Å². The molecule has 11 heteroatoms. The number of benzene rings is 2. The molecule has 0 N–H and O–H groups in total. The predicted octanol–water partition coefficient (Wildman–Crippen LogP) is 11.2. The molecule has 1 saturated carbocycles. The molecule has 0 heterocycles. The van der Waals surface area contributed by atoms with E-state index in [9.17, 15) is 13.2 Å². The molecule has 2 aromatic carbocycles. The first-order chi connectivity index (χ1) is 19.2. The first kappa shape index (κ1) is 32.0. The van der Waals surface area contributed by atoms with Crippen molar-refractivity contribution in [1.82, 2.24) is 0 Å². The molecular weight excluding hydrogens is 584 g/mol. The summed E-state index contributed by atoms with van der Waals surface area (Å²) < 4.78 is 128. The highest BCUT2D eigenvalue weighted by atomic mass is 28.4. The Balaban J connectivity index is 1.95. The predicted molar refractivity (Wildman–Crippen MR) is 150 cm³/mol. The van der Waals surface area contributed by atoms with Gasteiger partial charge < -0.3 is 4.43 Å². The molecule has 1 atom stereocenters. The van der Waals surface area contributed by atoms with Gasteiger partial charge in [-0.05, 0) is 30.0 Å². The summed E-state index contributed by atoms with van der Waals surface area (Å²) in [6.45, 7) is 10.3. The van der Waals surface area contributed by atoms with E-state index in [2.05, 4.69) is 20.8 Å². The fraction of sp³-hybridized carbons (Fsp3) is 0.600. The highest BCUT2D eigenvalue weighted by Gasteiger charge is 2.56. The third-order valence-corrected chi connectivity index (χ3v) is 22.0. The van der Waals surface area contributed by atoms with Crippen LogP contribution in [0.5, 0.6) is 5.75 Å². The second-order valence-corrected chi connectivity index (χ2v) is 22.3. The Labute approximate surface area is 238 Å². The Bertz CT molecular complexity index is 1300. The van der Waals surface area contributed by atoms with Crippen LogP contribution in [0.4, 0.5) is 35.1 Å². The number of alkyl halides is 2. The molecule has 0 radical (unpaired) electrons. The Hall–Kier alpha value is -1.89. The summed E-state index contributed by atoms with van der Waals surface area (Å²) in [5.74, 6) is -17.3. The quantitative estimate of drug-likeness (QED) is 0.146. The SMILES string of the molecule is CC[Si](CC)(CC)CC[Si](Oc1c(F)c(F)c2c(c1F)-c1c(F)c(F)cc(F)c1C2(F)F)(C(C)C)C1CCCCC1. The maximum absolute atomic E-state index is 16.3. The van der Waals surface area contributed by atoms with Gasteiger partial charge in [-0.25, -0.2) is 22.0 Å². The second kappa shape index (κ2) is 11.7. The topological polar surface area (TPSA) is 9.23 Å². The highest BCUT2D eigenvalue weighted by molar-refractivity contribution is 6.83. The molecule has 1 fully saturated rings. The minimum Gasteiger partial charge on any atom is -0.539 e. The van der Waals surface area contributed by atoms with E-state index >= 15 is 22.0 Å². The molecule has 2 aromatic rings. The summed E-state index contributed by atoms with van der Waals surface area (Å²) in [5, 5.41) is 0. The van der Waals surface area contributed by atoms with Crippen molar-refractivity contribution in [1.29, 1.82) is 0 Å². The minimum atomic E-state index is -4.63.